The number of nitrogens with one attached hydrogen (secondary N) is 1. The highest BCUT2D eigenvalue weighted by Crippen LogP contribution is 2.27. The Labute approximate surface area is 174 Å². The van der Waals surface area contributed by atoms with Gasteiger partial charge in [-0.25, -0.2) is 0 Å². The number of nitrogens with zero attached hydrogens (tertiary/aromatic N) is 3. The van der Waals surface area contributed by atoms with Crippen molar-refractivity contribution in [1.29, 1.82) is 0 Å². The van der Waals surface area contributed by atoms with Crippen LogP contribution in [0.5, 0.6) is 5.75 Å². The van der Waals surface area contributed by atoms with E-state index in [9.17, 15) is 9.59 Å². The largest absolute Gasteiger partial charge is 0.497 e. The van der Waals surface area contributed by atoms with Crippen molar-refractivity contribution in [2.75, 3.05) is 18.6 Å². The average Bonchev–Trinajstić information content (AvgIpc) is 3.20. The third-order valence-electron chi connectivity index (χ3n) is 5.16. The molecule has 2 aromatic heterocycles. The summed E-state index contributed by atoms with van der Waals surface area (Å²) in [6.07, 6.45) is 5.37. The molecule has 30 heavy (non-hydrogen) atoms. The van der Waals surface area contributed by atoms with Gasteiger partial charge in [-0.1, -0.05) is 6.07 Å². The second-order valence-corrected chi connectivity index (χ2v) is 7.07. The molecular weight excluding hydrogens is 380 g/mol. The molecule has 3 heterocycles. The summed E-state index contributed by atoms with van der Waals surface area (Å²) in [6, 6.07) is 14.8. The van der Waals surface area contributed by atoms with Crippen molar-refractivity contribution >= 4 is 17.5 Å². The number of anilines is 1. The van der Waals surface area contributed by atoms with Gasteiger partial charge in [-0.15, -0.1) is 0 Å². The molecule has 0 radical (unpaired) electrons. The van der Waals surface area contributed by atoms with E-state index < -0.39 is 5.92 Å². The summed E-state index contributed by atoms with van der Waals surface area (Å²) in [5, 5.41) is 2.96. The van der Waals surface area contributed by atoms with Crippen LogP contribution in [0.4, 0.5) is 5.69 Å². The van der Waals surface area contributed by atoms with Crippen LogP contribution in [0.2, 0.25) is 0 Å². The van der Waals surface area contributed by atoms with E-state index in [4.69, 9.17) is 4.74 Å². The fraction of sp³-hybridized carbons (Fsp3) is 0.217. The number of rotatable bonds is 6. The number of hydrogen-bond acceptors (Lipinski definition) is 5. The first-order chi connectivity index (χ1) is 14.7. The number of benzene rings is 1. The molecule has 1 N–H and O–H groups in total. The summed E-state index contributed by atoms with van der Waals surface area (Å²) < 4.78 is 5.16. The van der Waals surface area contributed by atoms with Gasteiger partial charge in [0.15, 0.2) is 0 Å². The van der Waals surface area contributed by atoms with Gasteiger partial charge in [0.1, 0.15) is 5.75 Å². The quantitative estimate of drug-likeness (QED) is 0.685. The number of hydrogen-bond donors (Lipinski definition) is 1. The van der Waals surface area contributed by atoms with E-state index in [1.807, 2.05) is 36.4 Å². The fourth-order valence-electron chi connectivity index (χ4n) is 3.57. The van der Waals surface area contributed by atoms with Gasteiger partial charge in [0.2, 0.25) is 11.8 Å². The van der Waals surface area contributed by atoms with Crippen LogP contribution in [0, 0.1) is 5.92 Å². The Bertz CT molecular complexity index is 1040. The molecule has 1 saturated heterocycles. The van der Waals surface area contributed by atoms with Crippen molar-refractivity contribution in [3.63, 3.8) is 0 Å². The fourth-order valence-corrected chi connectivity index (χ4v) is 3.57. The smallest absolute Gasteiger partial charge is 0.227 e. The average molecular weight is 402 g/mol. The van der Waals surface area contributed by atoms with Gasteiger partial charge >= 0.3 is 0 Å². The Hall–Kier alpha value is -3.74. The molecule has 0 saturated carbocycles. The molecule has 0 bridgehead atoms. The second kappa shape index (κ2) is 8.73. The minimum absolute atomic E-state index is 0.0576. The molecule has 1 aliphatic rings. The molecule has 7 heteroatoms. The Morgan fingerprint density at radius 2 is 1.97 bits per heavy atom. The zero-order valence-corrected chi connectivity index (χ0v) is 16.6. The van der Waals surface area contributed by atoms with Crippen molar-refractivity contribution in [3.8, 4) is 17.0 Å². The first kappa shape index (κ1) is 19.6. The lowest BCUT2D eigenvalue weighted by Gasteiger charge is -2.17. The summed E-state index contributed by atoms with van der Waals surface area (Å²) in [4.78, 5) is 35.4. The summed E-state index contributed by atoms with van der Waals surface area (Å²) in [5.41, 5.74) is 3.34. The third-order valence-corrected chi connectivity index (χ3v) is 5.16. The highest BCUT2D eigenvalue weighted by atomic mass is 16.5. The van der Waals surface area contributed by atoms with Crippen LogP contribution >= 0.6 is 0 Å². The normalized spacial score (nSPS) is 15.8. The predicted molar refractivity (Wildman–Crippen MR) is 113 cm³/mol. The first-order valence-corrected chi connectivity index (χ1v) is 9.72. The van der Waals surface area contributed by atoms with E-state index in [0.29, 0.717) is 13.1 Å². The molecule has 152 valence electrons. The van der Waals surface area contributed by atoms with E-state index in [0.717, 1.165) is 28.3 Å². The first-order valence-electron chi connectivity index (χ1n) is 9.72. The van der Waals surface area contributed by atoms with Crippen molar-refractivity contribution < 1.29 is 14.3 Å². The van der Waals surface area contributed by atoms with E-state index in [1.165, 1.54) is 0 Å². The summed E-state index contributed by atoms with van der Waals surface area (Å²) >= 11 is 0. The van der Waals surface area contributed by atoms with Crippen LogP contribution in [-0.4, -0.2) is 35.4 Å². The molecule has 3 aromatic rings. The third kappa shape index (κ3) is 4.15. The van der Waals surface area contributed by atoms with Crippen LogP contribution in [0.3, 0.4) is 0 Å². The molecule has 1 aliphatic heterocycles. The van der Waals surface area contributed by atoms with Crippen LogP contribution in [0.15, 0.2) is 67.1 Å². The monoisotopic (exact) mass is 402 g/mol. The van der Waals surface area contributed by atoms with E-state index in [-0.39, 0.29) is 18.2 Å². The second-order valence-electron chi connectivity index (χ2n) is 7.07. The van der Waals surface area contributed by atoms with Crippen LogP contribution in [0.1, 0.15) is 12.0 Å². The topological polar surface area (TPSA) is 84.4 Å². The van der Waals surface area contributed by atoms with Gasteiger partial charge in [-0.3, -0.25) is 19.6 Å². The maximum absolute atomic E-state index is 12.7. The molecule has 1 fully saturated rings. The molecule has 1 unspecified atom stereocenters. The standard InChI is InChI=1S/C23H22N4O3/c1-30-20-8-6-19(7-9-20)27-15-18(12-21(27)28)23(29)26-14-17-5-3-11-25-22(17)16-4-2-10-24-13-16/h2-11,13,18H,12,14-15H2,1H3,(H,26,29). The number of aromatic nitrogens is 2. The van der Waals surface area contributed by atoms with Crippen molar-refractivity contribution in [2.45, 2.75) is 13.0 Å². The maximum Gasteiger partial charge on any atom is 0.227 e. The van der Waals surface area contributed by atoms with Gasteiger partial charge < -0.3 is 15.0 Å². The lowest BCUT2D eigenvalue weighted by atomic mass is 10.1. The Kier molecular flexibility index (Phi) is 5.70. The highest BCUT2D eigenvalue weighted by molar-refractivity contribution is 6.00. The SMILES string of the molecule is COc1ccc(N2CC(C(=O)NCc3cccnc3-c3cccnc3)CC2=O)cc1. The van der Waals surface area contributed by atoms with Gasteiger partial charge in [0.25, 0.3) is 0 Å². The molecule has 7 nitrogen and oxygen atoms in total. The molecule has 2 amide bonds. The zero-order chi connectivity index (χ0) is 20.9. The van der Waals surface area contributed by atoms with Crippen molar-refractivity contribution in [2.24, 2.45) is 5.92 Å². The number of carbonyl (C=O) groups excluding carboxylic acids is 2. The van der Waals surface area contributed by atoms with E-state index in [1.54, 1.807) is 42.7 Å². The number of pyridine rings is 2. The highest BCUT2D eigenvalue weighted by Gasteiger charge is 2.35. The zero-order valence-electron chi connectivity index (χ0n) is 16.6. The number of carbonyl (C=O) groups is 2. The number of ether oxygens (including phenoxy) is 1. The molecule has 4 rings (SSSR count). The Morgan fingerprint density at radius 3 is 2.70 bits per heavy atom. The number of amides is 2. The summed E-state index contributed by atoms with van der Waals surface area (Å²) in [6.45, 7) is 0.698. The summed E-state index contributed by atoms with van der Waals surface area (Å²) in [7, 11) is 1.60. The van der Waals surface area contributed by atoms with E-state index in [2.05, 4.69) is 15.3 Å². The molecular formula is C23H22N4O3. The van der Waals surface area contributed by atoms with Gasteiger partial charge in [0, 0.05) is 49.4 Å². The lowest BCUT2D eigenvalue weighted by molar-refractivity contribution is -0.126. The van der Waals surface area contributed by atoms with Crippen molar-refractivity contribution in [1.82, 2.24) is 15.3 Å². The summed E-state index contributed by atoms with van der Waals surface area (Å²) in [5.74, 6) is 0.136. The van der Waals surface area contributed by atoms with Crippen LogP contribution in [0.25, 0.3) is 11.3 Å². The van der Waals surface area contributed by atoms with E-state index >= 15 is 0 Å². The lowest BCUT2D eigenvalue weighted by Crippen LogP contribution is -2.32. The van der Waals surface area contributed by atoms with Gasteiger partial charge in [0.05, 0.1) is 18.7 Å². The Balaban J connectivity index is 1.41. The van der Waals surface area contributed by atoms with Gasteiger partial charge in [-0.05, 0) is 48.0 Å². The minimum Gasteiger partial charge on any atom is -0.497 e. The molecule has 1 atom stereocenters. The molecule has 0 aliphatic carbocycles. The van der Waals surface area contributed by atoms with Crippen LogP contribution in [-0.2, 0) is 16.1 Å². The minimum atomic E-state index is -0.391. The number of methoxy groups -OCH3 is 1. The maximum atomic E-state index is 12.7. The molecule has 0 spiro atoms. The Morgan fingerprint density at radius 1 is 1.17 bits per heavy atom. The predicted octanol–water partition coefficient (Wildman–Crippen LogP) is 2.82. The van der Waals surface area contributed by atoms with Crippen LogP contribution < -0.4 is 15.0 Å². The molecule has 1 aromatic carbocycles. The van der Waals surface area contributed by atoms with Gasteiger partial charge in [-0.2, -0.15) is 0 Å². The van der Waals surface area contributed by atoms with Crippen molar-refractivity contribution in [3.05, 3.63) is 72.7 Å².